The highest BCUT2D eigenvalue weighted by Gasteiger charge is 2.56. The number of likely N-dealkylation sites (N-methyl/N-ethyl adjacent to an activating group) is 1. The first-order valence-corrected chi connectivity index (χ1v) is 10.2. The quantitative estimate of drug-likeness (QED) is 0.350. The second-order valence-corrected chi connectivity index (χ2v) is 8.13. The van der Waals surface area contributed by atoms with E-state index >= 15 is 0 Å². The standard InChI is InChI=1S/C20H25N7O5/c1-26-8-12-9-27(20(26)10-22-19(21)25-18(20)23-12)13-4-2-11(3-5-13)16(30)24-14(17(31)32)6-7-15(28)29/h2-5,12,14H,6-10H2,1H3,(H,24,30)(H,28,29)(H,31,32)(H3,21,22,23,25). The monoisotopic (exact) mass is 443 g/mol. The molecule has 0 aliphatic carbocycles. The van der Waals surface area contributed by atoms with Crippen molar-refractivity contribution >= 4 is 35.3 Å². The van der Waals surface area contributed by atoms with Crippen LogP contribution in [0.5, 0.6) is 0 Å². The maximum Gasteiger partial charge on any atom is 0.326 e. The zero-order valence-electron chi connectivity index (χ0n) is 17.5. The summed E-state index contributed by atoms with van der Waals surface area (Å²) in [6.07, 6.45) is -0.551. The molecule has 1 aromatic carbocycles. The molecule has 3 fully saturated rings. The first-order valence-electron chi connectivity index (χ1n) is 10.2. The number of carboxylic acids is 2. The Kier molecular flexibility index (Phi) is 5.46. The van der Waals surface area contributed by atoms with Gasteiger partial charge in [-0.25, -0.2) is 9.79 Å². The number of guanidine groups is 1. The van der Waals surface area contributed by atoms with Crippen LogP contribution in [0.2, 0.25) is 0 Å². The summed E-state index contributed by atoms with van der Waals surface area (Å²) in [5, 5.41) is 23.8. The number of hydrogen-bond donors (Lipinski definition) is 5. The van der Waals surface area contributed by atoms with Crippen molar-refractivity contribution in [3.8, 4) is 0 Å². The lowest BCUT2D eigenvalue weighted by Crippen LogP contribution is -2.83. The van der Waals surface area contributed by atoms with Crippen LogP contribution < -0.4 is 21.3 Å². The third kappa shape index (κ3) is 3.73. The second-order valence-electron chi connectivity index (χ2n) is 8.13. The van der Waals surface area contributed by atoms with Gasteiger partial charge in [0.1, 0.15) is 11.9 Å². The SMILES string of the molecule is CN1CC2CN(c3ccc(C(=O)NC(CCC(=O)O)C(=O)O)cc3)C13CN=C(N)N=C3N2. The van der Waals surface area contributed by atoms with Crippen LogP contribution in [0.1, 0.15) is 23.2 Å². The molecule has 3 unspecified atom stereocenters. The van der Waals surface area contributed by atoms with Crippen molar-refractivity contribution in [3.05, 3.63) is 29.8 Å². The molecule has 32 heavy (non-hydrogen) atoms. The molecular formula is C20H25N7O5. The zero-order valence-corrected chi connectivity index (χ0v) is 17.5. The number of carbonyl (C=O) groups is 3. The molecule has 0 aromatic heterocycles. The number of hydrogen-bond acceptors (Lipinski definition) is 9. The van der Waals surface area contributed by atoms with Gasteiger partial charge in [0.15, 0.2) is 5.66 Å². The molecular weight excluding hydrogens is 418 g/mol. The number of amides is 1. The average molecular weight is 443 g/mol. The largest absolute Gasteiger partial charge is 0.481 e. The van der Waals surface area contributed by atoms with Gasteiger partial charge in [0, 0.05) is 30.8 Å². The fraction of sp³-hybridized carbons (Fsp3) is 0.450. The number of nitrogens with zero attached hydrogens (tertiary/aromatic N) is 4. The summed E-state index contributed by atoms with van der Waals surface area (Å²) in [7, 11) is 2.01. The molecule has 3 saturated heterocycles. The third-order valence-electron chi connectivity index (χ3n) is 6.07. The topological polar surface area (TPSA) is 173 Å². The summed E-state index contributed by atoms with van der Waals surface area (Å²) in [5.74, 6) is -1.99. The Balaban J connectivity index is 1.52. The van der Waals surface area contributed by atoms with Crippen LogP contribution in [0.25, 0.3) is 0 Å². The summed E-state index contributed by atoms with van der Waals surface area (Å²) < 4.78 is 0. The van der Waals surface area contributed by atoms with E-state index in [2.05, 4.69) is 30.4 Å². The molecule has 0 radical (unpaired) electrons. The van der Waals surface area contributed by atoms with Gasteiger partial charge in [0.25, 0.3) is 5.91 Å². The number of aliphatic carboxylic acids is 2. The molecule has 170 valence electrons. The molecule has 6 N–H and O–H groups in total. The number of carbonyl (C=O) groups excluding carboxylic acids is 1. The van der Waals surface area contributed by atoms with Gasteiger partial charge in [0.05, 0.1) is 12.6 Å². The van der Waals surface area contributed by atoms with Crippen molar-refractivity contribution in [2.75, 3.05) is 31.6 Å². The molecule has 4 aliphatic heterocycles. The summed E-state index contributed by atoms with van der Waals surface area (Å²) in [5.41, 5.74) is 6.37. The van der Waals surface area contributed by atoms with Crippen LogP contribution in [0.3, 0.4) is 0 Å². The third-order valence-corrected chi connectivity index (χ3v) is 6.07. The molecule has 0 saturated carbocycles. The van der Waals surface area contributed by atoms with Gasteiger partial charge in [-0.3, -0.25) is 14.5 Å². The van der Waals surface area contributed by atoms with Crippen LogP contribution in [0.15, 0.2) is 34.3 Å². The molecule has 1 amide bonds. The van der Waals surface area contributed by atoms with Gasteiger partial charge in [-0.15, -0.1) is 0 Å². The fourth-order valence-electron chi connectivity index (χ4n) is 4.45. The highest BCUT2D eigenvalue weighted by Crippen LogP contribution is 2.36. The van der Waals surface area contributed by atoms with E-state index in [0.29, 0.717) is 6.54 Å². The number of nitrogens with two attached hydrogens (primary N) is 1. The average Bonchev–Trinajstić information content (AvgIpc) is 2.75. The van der Waals surface area contributed by atoms with Gasteiger partial charge in [-0.05, 0) is 37.7 Å². The van der Waals surface area contributed by atoms with E-state index in [-0.39, 0.29) is 30.4 Å². The maximum atomic E-state index is 12.5. The lowest BCUT2D eigenvalue weighted by molar-refractivity contribution is -0.140. The smallest absolute Gasteiger partial charge is 0.326 e. The number of aliphatic imine (C=N–C) groups is 2. The molecule has 3 atom stereocenters. The number of piperazine rings is 2. The van der Waals surface area contributed by atoms with Crippen molar-refractivity contribution in [1.82, 2.24) is 15.5 Å². The van der Waals surface area contributed by atoms with Gasteiger partial charge >= 0.3 is 11.9 Å². The predicted octanol–water partition coefficient (Wildman–Crippen LogP) is -1.12. The van der Waals surface area contributed by atoms with Crippen LogP contribution >= 0.6 is 0 Å². The molecule has 2 bridgehead atoms. The first-order chi connectivity index (χ1) is 15.2. The van der Waals surface area contributed by atoms with E-state index in [9.17, 15) is 19.5 Å². The van der Waals surface area contributed by atoms with Crippen molar-refractivity contribution in [2.24, 2.45) is 15.7 Å². The summed E-state index contributed by atoms with van der Waals surface area (Å²) in [6.45, 7) is 1.97. The molecule has 12 heteroatoms. The molecule has 1 spiro atoms. The highest BCUT2D eigenvalue weighted by atomic mass is 16.4. The number of amidine groups is 1. The Morgan fingerprint density at radius 3 is 2.66 bits per heavy atom. The highest BCUT2D eigenvalue weighted by molar-refractivity contribution is 6.06. The minimum atomic E-state index is -1.28. The van der Waals surface area contributed by atoms with Crippen LogP contribution in [0.4, 0.5) is 5.69 Å². The van der Waals surface area contributed by atoms with Crippen molar-refractivity contribution in [1.29, 1.82) is 0 Å². The maximum absolute atomic E-state index is 12.5. The Labute approximate surface area is 183 Å². The normalized spacial score (nSPS) is 25.2. The molecule has 5 rings (SSSR count). The molecule has 4 aliphatic rings. The Bertz CT molecular complexity index is 1010. The zero-order chi connectivity index (χ0) is 23.0. The summed E-state index contributed by atoms with van der Waals surface area (Å²) in [4.78, 5) is 47.7. The Morgan fingerprint density at radius 2 is 2.00 bits per heavy atom. The Morgan fingerprint density at radius 1 is 1.28 bits per heavy atom. The van der Waals surface area contributed by atoms with E-state index in [1.165, 1.54) is 0 Å². The number of fused-ring (bicyclic) bond motifs is 2. The van der Waals surface area contributed by atoms with Crippen molar-refractivity contribution < 1.29 is 24.6 Å². The van der Waals surface area contributed by atoms with Crippen LogP contribution in [-0.2, 0) is 9.59 Å². The summed E-state index contributed by atoms with van der Waals surface area (Å²) in [6, 6.07) is 5.70. The van der Waals surface area contributed by atoms with Gasteiger partial charge in [-0.1, -0.05) is 0 Å². The van der Waals surface area contributed by atoms with Gasteiger partial charge in [-0.2, -0.15) is 4.99 Å². The number of anilines is 1. The van der Waals surface area contributed by atoms with Crippen LogP contribution in [-0.4, -0.2) is 89.2 Å². The summed E-state index contributed by atoms with van der Waals surface area (Å²) >= 11 is 0. The number of nitrogens with one attached hydrogen (secondary N) is 2. The lowest BCUT2D eigenvalue weighted by atomic mass is 9.91. The minimum Gasteiger partial charge on any atom is -0.481 e. The lowest BCUT2D eigenvalue weighted by Gasteiger charge is -2.60. The minimum absolute atomic E-state index is 0.153. The number of benzene rings is 1. The Hall–Kier alpha value is -3.67. The second kappa shape index (κ2) is 8.11. The van der Waals surface area contributed by atoms with Gasteiger partial charge in [0.2, 0.25) is 5.96 Å². The van der Waals surface area contributed by atoms with E-state index < -0.39 is 29.6 Å². The van der Waals surface area contributed by atoms with Crippen molar-refractivity contribution in [3.63, 3.8) is 0 Å². The molecule has 12 nitrogen and oxygen atoms in total. The first kappa shape index (κ1) is 21.6. The molecule has 1 aromatic rings. The van der Waals surface area contributed by atoms with Crippen LogP contribution in [0, 0.1) is 0 Å². The van der Waals surface area contributed by atoms with Crippen molar-refractivity contribution in [2.45, 2.75) is 30.6 Å². The molecule has 4 heterocycles. The van der Waals surface area contributed by atoms with E-state index in [0.717, 1.165) is 24.6 Å². The number of carboxylic acid groups (broad SMARTS) is 2. The van der Waals surface area contributed by atoms with E-state index in [4.69, 9.17) is 10.8 Å². The van der Waals surface area contributed by atoms with Gasteiger partial charge < -0.3 is 31.5 Å². The predicted molar refractivity (Wildman–Crippen MR) is 116 cm³/mol. The fourth-order valence-corrected chi connectivity index (χ4v) is 4.45. The van der Waals surface area contributed by atoms with E-state index in [1.54, 1.807) is 24.3 Å². The number of rotatable bonds is 7. The van der Waals surface area contributed by atoms with E-state index in [1.807, 2.05) is 7.05 Å².